The summed E-state index contributed by atoms with van der Waals surface area (Å²) >= 11 is 0. The van der Waals surface area contributed by atoms with Crippen LogP contribution in [0.15, 0.2) is 0 Å². The normalized spacial score (nSPS) is 11.8. The zero-order valence-electron chi connectivity index (χ0n) is 7.73. The smallest absolute Gasteiger partial charge is 0.321 e. The molecule has 0 aliphatic rings. The van der Waals surface area contributed by atoms with Crippen LogP contribution in [0.3, 0.4) is 0 Å². The average molecular weight is 228 g/mol. The van der Waals surface area contributed by atoms with Crippen LogP contribution in [-0.2, 0) is 13.3 Å². The van der Waals surface area contributed by atoms with E-state index in [1.54, 1.807) is 0 Å². The lowest BCUT2D eigenvalue weighted by Crippen LogP contribution is -2.01. The fraction of sp³-hybridized carbons (Fsp3) is 1.00. The molecule has 0 fully saturated rings. The predicted molar refractivity (Wildman–Crippen MR) is 53.9 cm³/mol. The predicted octanol–water partition coefficient (Wildman–Crippen LogP) is 1.16. The van der Waals surface area contributed by atoms with Crippen molar-refractivity contribution >= 4 is 19.9 Å². The van der Waals surface area contributed by atoms with E-state index in [2.05, 4.69) is 4.18 Å². The van der Waals surface area contributed by atoms with Crippen molar-refractivity contribution < 1.29 is 17.7 Å². The topological polar surface area (TPSA) is 63.6 Å². The summed E-state index contributed by atoms with van der Waals surface area (Å²) in [6.07, 6.45) is 4.78. The minimum Gasteiger partial charge on any atom is -0.396 e. The van der Waals surface area contributed by atoms with Gasteiger partial charge in [-0.25, -0.2) is 0 Å². The van der Waals surface area contributed by atoms with Gasteiger partial charge >= 0.3 is 9.15 Å². The Morgan fingerprint density at radius 2 is 1.85 bits per heavy atom. The second-order valence-electron chi connectivity index (χ2n) is 2.53. The summed E-state index contributed by atoms with van der Waals surface area (Å²) in [5.41, 5.74) is 0. The highest BCUT2D eigenvalue weighted by atomic mass is 33.1. The van der Waals surface area contributed by atoms with E-state index >= 15 is 0 Å². The lowest BCUT2D eigenvalue weighted by molar-refractivity contribution is 0.276. The number of hydrogen-bond acceptors (Lipinski definition) is 5. The van der Waals surface area contributed by atoms with E-state index in [1.165, 1.54) is 6.26 Å². The van der Waals surface area contributed by atoms with Crippen molar-refractivity contribution in [1.29, 1.82) is 0 Å². The Bertz CT molecular complexity index is 201. The van der Waals surface area contributed by atoms with Crippen molar-refractivity contribution in [3.05, 3.63) is 0 Å². The maximum absolute atomic E-state index is 10.8. The highest BCUT2D eigenvalue weighted by Gasteiger charge is 2.06. The molecule has 0 saturated heterocycles. The van der Waals surface area contributed by atoms with Crippen LogP contribution in [0.4, 0.5) is 0 Å². The summed E-state index contributed by atoms with van der Waals surface area (Å²) in [7, 11) is -2.64. The largest absolute Gasteiger partial charge is 0.396 e. The third-order valence-corrected chi connectivity index (χ3v) is 3.86. The maximum Gasteiger partial charge on any atom is 0.321 e. The van der Waals surface area contributed by atoms with Crippen molar-refractivity contribution in [2.45, 2.75) is 25.7 Å². The number of hydrogen-bond donors (Lipinski definition) is 1. The Hall–Kier alpha value is 0.220. The number of aliphatic hydroxyl groups is 1. The minimum absolute atomic E-state index is 0.198. The Morgan fingerprint density at radius 1 is 1.23 bits per heavy atom. The van der Waals surface area contributed by atoms with Gasteiger partial charge in [-0.2, -0.15) is 8.42 Å². The molecule has 80 valence electrons. The van der Waals surface area contributed by atoms with Crippen LogP contribution in [0, 0.1) is 0 Å². The zero-order chi connectivity index (χ0) is 10.2. The molecule has 0 saturated carbocycles. The second kappa shape index (κ2) is 7.61. The first-order chi connectivity index (χ1) is 6.12. The Morgan fingerprint density at radius 3 is 2.38 bits per heavy atom. The first-order valence-electron chi connectivity index (χ1n) is 4.18. The highest BCUT2D eigenvalue weighted by molar-refractivity contribution is 8.70. The molecule has 0 rings (SSSR count). The van der Waals surface area contributed by atoms with Crippen molar-refractivity contribution in [3.63, 3.8) is 0 Å². The van der Waals surface area contributed by atoms with Crippen LogP contribution >= 0.6 is 10.8 Å². The molecular weight excluding hydrogens is 212 g/mol. The van der Waals surface area contributed by atoms with E-state index < -0.39 is 9.15 Å². The van der Waals surface area contributed by atoms with Gasteiger partial charge in [0.05, 0.1) is 6.61 Å². The molecule has 0 aliphatic carbocycles. The lowest BCUT2D eigenvalue weighted by atomic mass is 10.2. The molecule has 0 atom stereocenters. The molecule has 0 bridgehead atoms. The van der Waals surface area contributed by atoms with E-state index in [0.29, 0.717) is 10.8 Å². The summed E-state index contributed by atoms with van der Waals surface area (Å²) in [5.74, 6) is 0. The summed E-state index contributed by atoms with van der Waals surface area (Å²) in [5, 5.41) is 8.46. The number of unbranched alkanes of at least 4 members (excludes halogenated alkanes) is 3. The monoisotopic (exact) mass is 228 g/mol. The molecule has 0 amide bonds. The molecule has 0 aromatic rings. The quantitative estimate of drug-likeness (QED) is 0.499. The molecule has 0 spiro atoms. The molecule has 0 aromatic carbocycles. The van der Waals surface area contributed by atoms with Gasteiger partial charge in [-0.1, -0.05) is 12.8 Å². The van der Waals surface area contributed by atoms with E-state index in [4.69, 9.17) is 5.11 Å². The third-order valence-electron chi connectivity index (χ3n) is 1.48. The molecule has 0 radical (unpaired) electrons. The van der Waals surface area contributed by atoms with Gasteiger partial charge in [0.15, 0.2) is 0 Å². The number of aliphatic hydroxyl groups excluding tert-OH is 1. The van der Waals surface area contributed by atoms with Gasteiger partial charge in [-0.15, -0.1) is 0 Å². The zero-order valence-corrected chi connectivity index (χ0v) is 9.36. The van der Waals surface area contributed by atoms with Gasteiger partial charge in [0.25, 0.3) is 0 Å². The van der Waals surface area contributed by atoms with E-state index in [0.717, 1.165) is 25.7 Å². The van der Waals surface area contributed by atoms with Crippen LogP contribution in [-0.4, -0.2) is 33.0 Å². The molecule has 0 unspecified atom stereocenters. The van der Waals surface area contributed by atoms with Gasteiger partial charge in [0.1, 0.15) is 0 Å². The molecule has 1 N–H and O–H groups in total. The summed E-state index contributed by atoms with van der Waals surface area (Å²) in [6, 6.07) is 0. The fourth-order valence-electron chi connectivity index (χ4n) is 0.777. The molecule has 13 heavy (non-hydrogen) atoms. The molecule has 0 aromatic heterocycles. The van der Waals surface area contributed by atoms with E-state index in [9.17, 15) is 8.42 Å². The first-order valence-corrected chi connectivity index (χ1v) is 7.33. The summed E-state index contributed by atoms with van der Waals surface area (Å²) in [6.45, 7) is 0.443. The maximum atomic E-state index is 10.8. The van der Waals surface area contributed by atoms with E-state index in [1.807, 2.05) is 0 Å². The van der Waals surface area contributed by atoms with E-state index in [-0.39, 0.29) is 13.2 Å². The molecule has 0 aliphatic heterocycles. The lowest BCUT2D eigenvalue weighted by Gasteiger charge is -2.01. The summed E-state index contributed by atoms with van der Waals surface area (Å²) in [4.78, 5) is 0. The number of rotatable bonds is 8. The van der Waals surface area contributed by atoms with Crippen LogP contribution in [0.1, 0.15) is 25.7 Å². The molecule has 4 nitrogen and oxygen atoms in total. The minimum atomic E-state index is -3.34. The average Bonchev–Trinajstić information content (AvgIpc) is 2.11. The van der Waals surface area contributed by atoms with Crippen molar-refractivity contribution in [2.75, 3.05) is 19.5 Å². The van der Waals surface area contributed by atoms with Crippen molar-refractivity contribution in [2.24, 2.45) is 0 Å². The van der Waals surface area contributed by atoms with Gasteiger partial charge in [0.2, 0.25) is 0 Å². The van der Waals surface area contributed by atoms with Crippen LogP contribution in [0.5, 0.6) is 0 Å². The fourth-order valence-corrected chi connectivity index (χ4v) is 1.69. The SMILES string of the molecule is CSS(=O)(=O)OCCCCCCO. The molecule has 6 heteroatoms. The third kappa shape index (κ3) is 8.55. The van der Waals surface area contributed by atoms with Crippen LogP contribution in [0.2, 0.25) is 0 Å². The summed E-state index contributed by atoms with van der Waals surface area (Å²) < 4.78 is 26.2. The Kier molecular flexibility index (Phi) is 7.74. The highest BCUT2D eigenvalue weighted by Crippen LogP contribution is 2.10. The first kappa shape index (κ1) is 13.2. The standard InChI is InChI=1S/C7H16O4S2/c1-12-13(9,10)11-7-5-3-2-4-6-8/h8H,2-7H2,1H3. The van der Waals surface area contributed by atoms with Gasteiger partial charge in [0, 0.05) is 6.61 Å². The van der Waals surface area contributed by atoms with Crippen LogP contribution < -0.4 is 0 Å². The van der Waals surface area contributed by atoms with Crippen molar-refractivity contribution in [3.8, 4) is 0 Å². The second-order valence-corrected chi connectivity index (χ2v) is 6.14. The van der Waals surface area contributed by atoms with Crippen molar-refractivity contribution in [1.82, 2.24) is 0 Å². The van der Waals surface area contributed by atoms with Gasteiger partial charge < -0.3 is 5.11 Å². The van der Waals surface area contributed by atoms with Gasteiger partial charge in [-0.05, 0) is 29.9 Å². The van der Waals surface area contributed by atoms with Gasteiger partial charge in [-0.3, -0.25) is 4.18 Å². The van der Waals surface area contributed by atoms with Crippen LogP contribution in [0.25, 0.3) is 0 Å². The Labute approximate surface area is 83.2 Å². The Balaban J connectivity index is 3.26. The molecular formula is C7H16O4S2. The molecule has 0 heterocycles.